The van der Waals surface area contributed by atoms with Gasteiger partial charge >= 0.3 is 0 Å². The summed E-state index contributed by atoms with van der Waals surface area (Å²) in [4.78, 5) is 12.0. The van der Waals surface area contributed by atoms with Crippen molar-refractivity contribution in [3.8, 4) is 0 Å². The molecule has 2 aromatic rings. The average Bonchev–Trinajstić information content (AvgIpc) is 2.43. The van der Waals surface area contributed by atoms with E-state index in [4.69, 9.17) is 5.73 Å². The monoisotopic (exact) mass is 306 g/mol. The molecule has 112 valence electrons. The fourth-order valence-electron chi connectivity index (χ4n) is 2.16. The number of nitrogens with zero attached hydrogens (tertiary/aromatic N) is 1. The van der Waals surface area contributed by atoms with Crippen molar-refractivity contribution in [2.75, 3.05) is 11.5 Å². The van der Waals surface area contributed by atoms with E-state index in [1.54, 1.807) is 31.2 Å². The summed E-state index contributed by atoms with van der Waals surface area (Å²) in [6.45, 7) is 2.10. The number of aromatic nitrogens is 1. The molecule has 0 saturated heterocycles. The number of nitrogen functional groups attached to an aromatic ring is 1. The minimum absolute atomic E-state index is 0.000900. The highest BCUT2D eigenvalue weighted by Crippen LogP contribution is 2.16. The highest BCUT2D eigenvalue weighted by atomic mass is 32.2. The van der Waals surface area contributed by atoms with E-state index in [-0.39, 0.29) is 11.3 Å². The standard InChI is InChI=1S/C15H18N2O3S/c1-12-5-2-3-6-14(12)21(19,20)10-4-9-17-11-13(16)7-8-15(17)18/h2-3,5-8,11H,4,9-10,16H2,1H3. The van der Waals surface area contributed by atoms with Gasteiger partial charge in [-0.05, 0) is 31.0 Å². The Bertz CT molecular complexity index is 795. The molecule has 0 fully saturated rings. The van der Waals surface area contributed by atoms with Crippen molar-refractivity contribution in [2.45, 2.75) is 24.8 Å². The molecule has 6 heteroatoms. The number of aryl methyl sites for hydroxylation is 2. The zero-order valence-electron chi connectivity index (χ0n) is 11.8. The largest absolute Gasteiger partial charge is 0.398 e. The molecule has 2 rings (SSSR count). The number of pyridine rings is 1. The van der Waals surface area contributed by atoms with Crippen LogP contribution in [0.5, 0.6) is 0 Å². The number of nitrogens with two attached hydrogens (primary N) is 1. The molecule has 0 saturated carbocycles. The zero-order valence-corrected chi connectivity index (χ0v) is 12.6. The fraction of sp³-hybridized carbons (Fsp3) is 0.267. The summed E-state index contributed by atoms with van der Waals surface area (Å²) in [5.41, 5.74) is 6.65. The Morgan fingerprint density at radius 3 is 2.57 bits per heavy atom. The maximum atomic E-state index is 12.3. The van der Waals surface area contributed by atoms with Gasteiger partial charge in [-0.2, -0.15) is 0 Å². The molecule has 1 aromatic carbocycles. The second-order valence-corrected chi connectivity index (χ2v) is 7.01. The van der Waals surface area contributed by atoms with Gasteiger partial charge < -0.3 is 10.3 Å². The SMILES string of the molecule is Cc1ccccc1S(=O)(=O)CCCn1cc(N)ccc1=O. The maximum Gasteiger partial charge on any atom is 0.250 e. The first-order valence-electron chi connectivity index (χ1n) is 6.64. The van der Waals surface area contributed by atoms with Gasteiger partial charge in [-0.1, -0.05) is 18.2 Å². The number of sulfone groups is 1. The van der Waals surface area contributed by atoms with Gasteiger partial charge in [0.2, 0.25) is 0 Å². The summed E-state index contributed by atoms with van der Waals surface area (Å²) in [6.07, 6.45) is 1.89. The predicted molar refractivity (Wildman–Crippen MR) is 83.0 cm³/mol. The van der Waals surface area contributed by atoms with Crippen LogP contribution in [0.3, 0.4) is 0 Å². The smallest absolute Gasteiger partial charge is 0.250 e. The number of hydrogen-bond donors (Lipinski definition) is 1. The van der Waals surface area contributed by atoms with E-state index in [1.165, 1.54) is 22.9 Å². The summed E-state index contributed by atoms with van der Waals surface area (Å²) < 4.78 is 26.0. The van der Waals surface area contributed by atoms with Gasteiger partial charge in [0.15, 0.2) is 9.84 Å². The summed E-state index contributed by atoms with van der Waals surface area (Å²) in [7, 11) is -3.33. The lowest BCUT2D eigenvalue weighted by molar-refractivity contribution is 0.583. The normalized spacial score (nSPS) is 11.5. The summed E-state index contributed by atoms with van der Waals surface area (Å²) >= 11 is 0. The van der Waals surface area contributed by atoms with Crippen LogP contribution in [0.15, 0.2) is 52.3 Å². The van der Waals surface area contributed by atoms with Gasteiger partial charge in [-0.15, -0.1) is 0 Å². The highest BCUT2D eigenvalue weighted by Gasteiger charge is 2.16. The first-order chi connectivity index (χ1) is 9.90. The molecule has 5 nitrogen and oxygen atoms in total. The Morgan fingerprint density at radius 1 is 1.14 bits per heavy atom. The molecule has 0 atom stereocenters. The van der Waals surface area contributed by atoms with Crippen molar-refractivity contribution in [2.24, 2.45) is 0 Å². The first kappa shape index (κ1) is 15.3. The lowest BCUT2D eigenvalue weighted by Gasteiger charge is -2.09. The Kier molecular flexibility index (Phi) is 4.47. The topological polar surface area (TPSA) is 82.2 Å². The lowest BCUT2D eigenvalue weighted by Crippen LogP contribution is -2.20. The van der Waals surface area contributed by atoms with Crippen molar-refractivity contribution in [1.29, 1.82) is 0 Å². The van der Waals surface area contributed by atoms with Crippen molar-refractivity contribution in [3.05, 3.63) is 58.5 Å². The Hall–Kier alpha value is -2.08. The third-order valence-corrected chi connectivity index (χ3v) is 5.20. The number of rotatable bonds is 5. The quantitative estimate of drug-likeness (QED) is 0.909. The molecule has 0 radical (unpaired) electrons. The molecule has 0 bridgehead atoms. The van der Waals surface area contributed by atoms with Crippen LogP contribution in [-0.4, -0.2) is 18.7 Å². The van der Waals surface area contributed by atoms with E-state index in [0.717, 1.165) is 5.56 Å². The summed E-state index contributed by atoms with van der Waals surface area (Å²) in [5, 5.41) is 0. The van der Waals surface area contributed by atoms with Crippen molar-refractivity contribution >= 4 is 15.5 Å². The van der Waals surface area contributed by atoms with Gasteiger partial charge in [0.1, 0.15) is 0 Å². The van der Waals surface area contributed by atoms with Crippen LogP contribution in [0.25, 0.3) is 0 Å². The predicted octanol–water partition coefficient (Wildman–Crippen LogP) is 1.60. The molecular formula is C15H18N2O3S. The zero-order chi connectivity index (χ0) is 15.5. The molecule has 0 unspecified atom stereocenters. The molecule has 0 amide bonds. The van der Waals surface area contributed by atoms with Crippen LogP contribution < -0.4 is 11.3 Å². The molecule has 0 aliphatic rings. The Morgan fingerprint density at radius 2 is 1.86 bits per heavy atom. The molecule has 2 N–H and O–H groups in total. The molecular weight excluding hydrogens is 288 g/mol. The number of hydrogen-bond acceptors (Lipinski definition) is 4. The van der Waals surface area contributed by atoms with Crippen LogP contribution in [0.2, 0.25) is 0 Å². The van der Waals surface area contributed by atoms with Crippen molar-refractivity contribution in [3.63, 3.8) is 0 Å². The van der Waals surface area contributed by atoms with Crippen LogP contribution in [-0.2, 0) is 16.4 Å². The number of anilines is 1. The van der Waals surface area contributed by atoms with E-state index in [0.29, 0.717) is 23.5 Å². The van der Waals surface area contributed by atoms with E-state index in [2.05, 4.69) is 0 Å². The van der Waals surface area contributed by atoms with Crippen LogP contribution in [0.4, 0.5) is 5.69 Å². The highest BCUT2D eigenvalue weighted by molar-refractivity contribution is 7.91. The molecule has 1 aromatic heterocycles. The molecule has 1 heterocycles. The van der Waals surface area contributed by atoms with E-state index < -0.39 is 9.84 Å². The third-order valence-electron chi connectivity index (χ3n) is 3.25. The molecule has 0 spiro atoms. The second kappa shape index (κ2) is 6.13. The molecule has 0 aliphatic carbocycles. The number of benzene rings is 1. The lowest BCUT2D eigenvalue weighted by atomic mass is 10.2. The molecule has 0 aliphatic heterocycles. The fourth-order valence-corrected chi connectivity index (χ4v) is 3.74. The van der Waals surface area contributed by atoms with Crippen molar-refractivity contribution < 1.29 is 8.42 Å². The summed E-state index contributed by atoms with van der Waals surface area (Å²) in [5.74, 6) is -0.000900. The van der Waals surface area contributed by atoms with Gasteiger partial charge in [-0.25, -0.2) is 8.42 Å². The Labute approximate surface area is 124 Å². The first-order valence-corrected chi connectivity index (χ1v) is 8.30. The van der Waals surface area contributed by atoms with E-state index in [9.17, 15) is 13.2 Å². The summed E-state index contributed by atoms with van der Waals surface area (Å²) in [6, 6.07) is 9.81. The Balaban J connectivity index is 2.08. The van der Waals surface area contributed by atoms with Crippen LogP contribution in [0, 0.1) is 6.92 Å². The third kappa shape index (κ3) is 3.72. The second-order valence-electron chi connectivity index (χ2n) is 4.93. The van der Waals surface area contributed by atoms with Gasteiger partial charge in [-0.3, -0.25) is 4.79 Å². The van der Waals surface area contributed by atoms with Gasteiger partial charge in [0.25, 0.3) is 5.56 Å². The van der Waals surface area contributed by atoms with Crippen molar-refractivity contribution in [1.82, 2.24) is 4.57 Å². The molecule has 21 heavy (non-hydrogen) atoms. The van der Waals surface area contributed by atoms with Gasteiger partial charge in [0.05, 0.1) is 10.6 Å². The van der Waals surface area contributed by atoms with E-state index in [1.807, 2.05) is 0 Å². The van der Waals surface area contributed by atoms with Crippen LogP contribution in [0.1, 0.15) is 12.0 Å². The van der Waals surface area contributed by atoms with Gasteiger partial charge in [0, 0.05) is 24.5 Å². The maximum absolute atomic E-state index is 12.3. The minimum Gasteiger partial charge on any atom is -0.398 e. The van der Waals surface area contributed by atoms with Crippen LogP contribution >= 0.6 is 0 Å². The minimum atomic E-state index is -3.33. The van der Waals surface area contributed by atoms with E-state index >= 15 is 0 Å². The average molecular weight is 306 g/mol.